The number of unbranched alkanes of at least 4 members (excludes halogenated alkanes) is 1. The maximum atomic E-state index is 11.8. The van der Waals surface area contributed by atoms with E-state index in [1.807, 2.05) is 41.8 Å². The van der Waals surface area contributed by atoms with E-state index in [-0.39, 0.29) is 29.5 Å². The van der Waals surface area contributed by atoms with Crippen LogP contribution in [-0.2, 0) is 6.54 Å². The molecule has 0 atom stereocenters. The van der Waals surface area contributed by atoms with E-state index in [1.54, 1.807) is 30.9 Å². The van der Waals surface area contributed by atoms with Crippen molar-refractivity contribution < 1.29 is 0 Å². The predicted molar refractivity (Wildman–Crippen MR) is 132 cm³/mol. The van der Waals surface area contributed by atoms with E-state index in [9.17, 15) is 4.79 Å². The van der Waals surface area contributed by atoms with E-state index >= 15 is 0 Å². The maximum Gasteiger partial charge on any atom is 0.250 e. The first-order valence-corrected chi connectivity index (χ1v) is 10.5. The molecular formula is C20H28ClIN4OS. The summed E-state index contributed by atoms with van der Waals surface area (Å²) in [6.07, 6.45) is 1.92. The van der Waals surface area contributed by atoms with E-state index < -0.39 is 0 Å². The summed E-state index contributed by atoms with van der Waals surface area (Å²) >= 11 is 7.67. The van der Waals surface area contributed by atoms with Crippen LogP contribution in [0, 0.1) is 6.92 Å². The minimum atomic E-state index is 0. The number of aromatic nitrogens is 1. The van der Waals surface area contributed by atoms with Gasteiger partial charge in [0.2, 0.25) is 0 Å². The topological polar surface area (TPSA) is 58.4 Å². The lowest BCUT2D eigenvalue weighted by molar-refractivity contribution is 0.575. The Kier molecular flexibility index (Phi) is 12.3. The lowest BCUT2D eigenvalue weighted by atomic mass is 10.3. The third kappa shape index (κ3) is 8.87. The van der Waals surface area contributed by atoms with Gasteiger partial charge in [0.15, 0.2) is 5.96 Å². The average molecular weight is 535 g/mol. The largest absolute Gasteiger partial charge is 0.356 e. The van der Waals surface area contributed by atoms with Crippen molar-refractivity contribution in [2.75, 3.05) is 25.9 Å². The Hall–Kier alpha value is -1.19. The first kappa shape index (κ1) is 24.8. The zero-order valence-corrected chi connectivity index (χ0v) is 20.2. The van der Waals surface area contributed by atoms with Gasteiger partial charge in [-0.1, -0.05) is 17.7 Å². The van der Waals surface area contributed by atoms with Crippen molar-refractivity contribution in [3.8, 4) is 0 Å². The monoisotopic (exact) mass is 534 g/mol. The lowest BCUT2D eigenvalue weighted by Crippen LogP contribution is -2.38. The smallest absolute Gasteiger partial charge is 0.250 e. The molecule has 5 nitrogen and oxygen atoms in total. The van der Waals surface area contributed by atoms with Gasteiger partial charge in [0.05, 0.1) is 0 Å². The van der Waals surface area contributed by atoms with Crippen LogP contribution in [0.1, 0.15) is 18.5 Å². The number of nitrogens with zero attached hydrogens (tertiary/aromatic N) is 2. The molecule has 2 rings (SSSR count). The molecule has 0 spiro atoms. The number of benzene rings is 1. The number of aryl methyl sites for hydroxylation is 1. The standard InChI is InChI=1S/C20H27ClN4OS.HI/c1-16-6-5-7-19(26)25(16)14-4-3-12-23-20(22-2)24-13-15-27-18-10-8-17(21)9-11-18;/h5-11H,3-4,12-15H2,1-2H3,(H2,22,23,24);1H. The molecule has 28 heavy (non-hydrogen) atoms. The summed E-state index contributed by atoms with van der Waals surface area (Å²) in [6.45, 7) is 4.36. The van der Waals surface area contributed by atoms with Crippen LogP contribution >= 0.6 is 47.3 Å². The molecule has 2 N–H and O–H groups in total. The molecule has 1 aromatic heterocycles. The highest BCUT2D eigenvalue weighted by molar-refractivity contribution is 14.0. The van der Waals surface area contributed by atoms with Crippen molar-refractivity contribution >= 4 is 53.3 Å². The molecule has 0 bridgehead atoms. The first-order chi connectivity index (χ1) is 13.1. The minimum absolute atomic E-state index is 0. The Morgan fingerprint density at radius 1 is 1.11 bits per heavy atom. The third-order valence-electron chi connectivity index (χ3n) is 4.07. The predicted octanol–water partition coefficient (Wildman–Crippen LogP) is 4.17. The summed E-state index contributed by atoms with van der Waals surface area (Å²) in [5.74, 6) is 1.75. The van der Waals surface area contributed by atoms with Gasteiger partial charge >= 0.3 is 0 Å². The Balaban J connectivity index is 0.00000392. The molecule has 8 heteroatoms. The van der Waals surface area contributed by atoms with Gasteiger partial charge in [0, 0.05) is 54.1 Å². The van der Waals surface area contributed by atoms with Crippen molar-refractivity contribution in [2.24, 2.45) is 4.99 Å². The molecule has 0 aliphatic carbocycles. The molecule has 0 aliphatic rings. The SMILES string of the molecule is CN=C(NCCCCn1c(C)cccc1=O)NCCSc1ccc(Cl)cc1.I. The van der Waals surface area contributed by atoms with Crippen molar-refractivity contribution in [1.82, 2.24) is 15.2 Å². The summed E-state index contributed by atoms with van der Waals surface area (Å²) in [7, 11) is 1.77. The number of pyridine rings is 1. The van der Waals surface area contributed by atoms with Crippen molar-refractivity contribution in [2.45, 2.75) is 31.2 Å². The Labute approximate surface area is 193 Å². The molecule has 0 aliphatic heterocycles. The summed E-state index contributed by atoms with van der Waals surface area (Å²) in [5, 5.41) is 7.39. The molecule has 0 saturated heterocycles. The minimum Gasteiger partial charge on any atom is -0.356 e. The zero-order chi connectivity index (χ0) is 19.5. The Bertz CT molecular complexity index is 796. The quantitative estimate of drug-likeness (QED) is 0.167. The van der Waals surface area contributed by atoms with Gasteiger partial charge in [0.1, 0.15) is 0 Å². The summed E-state index contributed by atoms with van der Waals surface area (Å²) in [6, 6.07) is 13.2. The number of aliphatic imine (C=N–C) groups is 1. The number of hydrogen-bond acceptors (Lipinski definition) is 3. The van der Waals surface area contributed by atoms with Gasteiger partial charge < -0.3 is 15.2 Å². The van der Waals surface area contributed by atoms with E-state index in [1.165, 1.54) is 4.90 Å². The van der Waals surface area contributed by atoms with Gasteiger partial charge in [0.25, 0.3) is 5.56 Å². The molecule has 1 heterocycles. The number of hydrogen-bond donors (Lipinski definition) is 2. The fraction of sp³-hybridized carbons (Fsp3) is 0.400. The van der Waals surface area contributed by atoms with Crippen LogP contribution in [0.3, 0.4) is 0 Å². The molecule has 1 aromatic carbocycles. The number of thioether (sulfide) groups is 1. The number of nitrogens with one attached hydrogen (secondary N) is 2. The Morgan fingerprint density at radius 3 is 2.50 bits per heavy atom. The van der Waals surface area contributed by atoms with Crippen LogP contribution in [-0.4, -0.2) is 36.4 Å². The second kappa shape index (κ2) is 13.9. The van der Waals surface area contributed by atoms with E-state index in [2.05, 4.69) is 15.6 Å². The molecule has 0 amide bonds. The van der Waals surface area contributed by atoms with Gasteiger partial charge in [-0.15, -0.1) is 35.7 Å². The molecule has 0 saturated carbocycles. The fourth-order valence-corrected chi connectivity index (χ4v) is 3.50. The van der Waals surface area contributed by atoms with Crippen molar-refractivity contribution in [3.63, 3.8) is 0 Å². The summed E-state index contributed by atoms with van der Waals surface area (Å²) < 4.78 is 1.82. The molecular weight excluding hydrogens is 507 g/mol. The molecule has 154 valence electrons. The summed E-state index contributed by atoms with van der Waals surface area (Å²) in [5.41, 5.74) is 1.07. The van der Waals surface area contributed by atoms with Gasteiger partial charge in [-0.2, -0.15) is 0 Å². The third-order valence-corrected chi connectivity index (χ3v) is 5.34. The van der Waals surface area contributed by atoms with Crippen LogP contribution in [0.5, 0.6) is 0 Å². The first-order valence-electron chi connectivity index (χ1n) is 9.09. The van der Waals surface area contributed by atoms with Crippen molar-refractivity contribution in [3.05, 3.63) is 63.5 Å². The highest BCUT2D eigenvalue weighted by Gasteiger charge is 2.01. The second-order valence-corrected chi connectivity index (χ2v) is 7.70. The van der Waals surface area contributed by atoms with Crippen LogP contribution in [0.4, 0.5) is 0 Å². The van der Waals surface area contributed by atoms with Crippen LogP contribution in [0.2, 0.25) is 5.02 Å². The molecule has 0 unspecified atom stereocenters. The normalized spacial score (nSPS) is 11.0. The molecule has 0 radical (unpaired) electrons. The number of rotatable bonds is 9. The van der Waals surface area contributed by atoms with E-state index in [0.717, 1.165) is 54.9 Å². The van der Waals surface area contributed by atoms with Crippen LogP contribution < -0.4 is 16.2 Å². The Morgan fingerprint density at radius 2 is 1.82 bits per heavy atom. The molecule has 2 aromatic rings. The van der Waals surface area contributed by atoms with Gasteiger partial charge in [-0.05, 0) is 50.1 Å². The number of guanidine groups is 1. The zero-order valence-electron chi connectivity index (χ0n) is 16.3. The van der Waals surface area contributed by atoms with Crippen LogP contribution in [0.25, 0.3) is 0 Å². The van der Waals surface area contributed by atoms with Crippen molar-refractivity contribution in [1.29, 1.82) is 0 Å². The van der Waals surface area contributed by atoms with Gasteiger partial charge in [-0.3, -0.25) is 9.79 Å². The van der Waals surface area contributed by atoms with E-state index in [0.29, 0.717) is 0 Å². The molecule has 0 fully saturated rings. The van der Waals surface area contributed by atoms with E-state index in [4.69, 9.17) is 11.6 Å². The highest BCUT2D eigenvalue weighted by Crippen LogP contribution is 2.19. The summed E-state index contributed by atoms with van der Waals surface area (Å²) in [4.78, 5) is 17.3. The second-order valence-electron chi connectivity index (χ2n) is 6.09. The fourth-order valence-electron chi connectivity index (χ4n) is 2.60. The highest BCUT2D eigenvalue weighted by atomic mass is 127. The van der Waals surface area contributed by atoms with Gasteiger partial charge in [-0.25, -0.2) is 0 Å². The average Bonchev–Trinajstić information content (AvgIpc) is 2.66. The number of halogens is 2. The van der Waals surface area contributed by atoms with Crippen LogP contribution in [0.15, 0.2) is 57.1 Å². The maximum absolute atomic E-state index is 11.8. The lowest BCUT2D eigenvalue weighted by Gasteiger charge is -2.12.